The summed E-state index contributed by atoms with van der Waals surface area (Å²) in [6, 6.07) is 21.7. The lowest BCUT2D eigenvalue weighted by atomic mass is 9.86. The monoisotopic (exact) mass is 525 g/mol. The van der Waals surface area contributed by atoms with E-state index in [2.05, 4.69) is 4.98 Å². The van der Waals surface area contributed by atoms with Gasteiger partial charge in [-0.2, -0.15) is 0 Å². The van der Waals surface area contributed by atoms with Gasteiger partial charge in [0.05, 0.1) is 39.0 Å². The molecular weight excluding hydrogens is 494 g/mol. The van der Waals surface area contributed by atoms with Crippen LogP contribution in [0.5, 0.6) is 11.5 Å². The van der Waals surface area contributed by atoms with Crippen LogP contribution in [0.25, 0.3) is 10.9 Å². The minimum atomic E-state index is -0.882. The van der Waals surface area contributed by atoms with Crippen molar-refractivity contribution >= 4 is 22.7 Å². The first-order valence-corrected chi connectivity index (χ1v) is 13.2. The van der Waals surface area contributed by atoms with E-state index in [1.165, 1.54) is 4.90 Å². The summed E-state index contributed by atoms with van der Waals surface area (Å²) in [6.07, 6.45) is -0.486. The summed E-state index contributed by atoms with van der Waals surface area (Å²) in [5.41, 5.74) is 4.42. The van der Waals surface area contributed by atoms with Gasteiger partial charge in [0.25, 0.3) is 0 Å². The van der Waals surface area contributed by atoms with Crippen molar-refractivity contribution in [3.8, 4) is 11.5 Å². The van der Waals surface area contributed by atoms with Gasteiger partial charge in [-0.15, -0.1) is 0 Å². The highest BCUT2D eigenvalue weighted by Gasteiger charge is 2.48. The molecule has 2 aliphatic rings. The van der Waals surface area contributed by atoms with E-state index < -0.39 is 18.2 Å². The van der Waals surface area contributed by atoms with Gasteiger partial charge in [-0.25, -0.2) is 0 Å². The van der Waals surface area contributed by atoms with Crippen LogP contribution >= 0.6 is 0 Å². The molecular formula is C31H31N3O5. The van der Waals surface area contributed by atoms with Gasteiger partial charge in [-0.05, 0) is 41.8 Å². The molecule has 0 spiro atoms. The predicted octanol–water partition coefficient (Wildman–Crippen LogP) is 3.99. The highest BCUT2D eigenvalue weighted by atomic mass is 16.5. The van der Waals surface area contributed by atoms with E-state index in [0.717, 1.165) is 27.7 Å². The maximum absolute atomic E-state index is 13.9. The lowest BCUT2D eigenvalue weighted by molar-refractivity contribution is -0.159. The van der Waals surface area contributed by atoms with Gasteiger partial charge in [0, 0.05) is 23.0 Å². The summed E-state index contributed by atoms with van der Waals surface area (Å²) >= 11 is 0. The largest absolute Gasteiger partial charge is 0.493 e. The normalized spacial score (nSPS) is 19.6. The van der Waals surface area contributed by atoms with Crippen molar-refractivity contribution in [3.05, 3.63) is 95.2 Å². The molecule has 3 atom stereocenters. The van der Waals surface area contributed by atoms with E-state index >= 15 is 0 Å². The number of H-pyrrole nitrogens is 1. The number of nitrogens with one attached hydrogen (secondary N) is 1. The molecule has 2 aliphatic heterocycles. The van der Waals surface area contributed by atoms with Crippen LogP contribution in [0.3, 0.4) is 0 Å². The molecule has 0 aliphatic carbocycles. The summed E-state index contributed by atoms with van der Waals surface area (Å²) in [4.78, 5) is 34.5. The zero-order chi connectivity index (χ0) is 27.1. The number of carbonyl (C=O) groups excluding carboxylic acids is 2. The van der Waals surface area contributed by atoms with Crippen LogP contribution in [0.4, 0.5) is 0 Å². The fraction of sp³-hybridized carbons (Fsp3) is 0.290. The molecule has 4 aromatic rings. The summed E-state index contributed by atoms with van der Waals surface area (Å²) < 4.78 is 11.3. The number of aromatic nitrogens is 1. The van der Waals surface area contributed by atoms with Crippen molar-refractivity contribution in [3.63, 3.8) is 0 Å². The topological polar surface area (TPSA) is 95.1 Å². The molecule has 6 rings (SSSR count). The second-order valence-electron chi connectivity index (χ2n) is 9.97. The minimum Gasteiger partial charge on any atom is -0.493 e. The number of methoxy groups -OCH3 is 1. The number of aromatic amines is 1. The molecule has 8 nitrogen and oxygen atoms in total. The first-order valence-electron chi connectivity index (χ1n) is 13.2. The number of carbonyl (C=O) groups is 2. The number of piperazine rings is 1. The fourth-order valence-corrected chi connectivity index (χ4v) is 5.94. The highest BCUT2D eigenvalue weighted by molar-refractivity contribution is 5.97. The molecule has 0 unspecified atom stereocenters. The van der Waals surface area contributed by atoms with Crippen molar-refractivity contribution in [1.29, 1.82) is 0 Å². The smallest absolute Gasteiger partial charge is 0.246 e. The van der Waals surface area contributed by atoms with Crippen LogP contribution in [0.1, 0.15) is 41.5 Å². The van der Waals surface area contributed by atoms with Gasteiger partial charge >= 0.3 is 0 Å². The molecule has 0 bridgehead atoms. The Kier molecular flexibility index (Phi) is 6.48. The molecule has 1 saturated heterocycles. The summed E-state index contributed by atoms with van der Waals surface area (Å²) in [5, 5.41) is 11.9. The van der Waals surface area contributed by atoms with Crippen LogP contribution in [0.15, 0.2) is 72.8 Å². The Hall–Kier alpha value is -4.30. The van der Waals surface area contributed by atoms with Gasteiger partial charge < -0.3 is 29.4 Å². The number of aliphatic hydroxyl groups excluding tert-OH is 1. The van der Waals surface area contributed by atoms with Gasteiger partial charge in [0.2, 0.25) is 11.8 Å². The Morgan fingerprint density at radius 2 is 1.79 bits per heavy atom. The van der Waals surface area contributed by atoms with Crippen LogP contribution in [-0.2, 0) is 16.0 Å². The number of hydrogen-bond donors (Lipinski definition) is 2. The second kappa shape index (κ2) is 10.1. The lowest BCUT2D eigenvalue weighted by Gasteiger charge is -2.47. The zero-order valence-electron chi connectivity index (χ0n) is 22.0. The number of para-hydroxylation sites is 1. The highest BCUT2D eigenvalue weighted by Crippen LogP contribution is 2.44. The number of amides is 2. The van der Waals surface area contributed by atoms with Crippen molar-refractivity contribution in [1.82, 2.24) is 14.8 Å². The van der Waals surface area contributed by atoms with Crippen molar-refractivity contribution < 1.29 is 24.2 Å². The SMILES string of the molecule is CCOc1ccc([C@H]2c3[nH]c4ccccc4c3C[C@H]3C(=O)N(C[C@@H](O)c4ccccc4)CC(=O)N23)cc1OC. The number of β-amino-alcohol motifs (C(OH)–C–C–N with tert-alkyl or cyclic N) is 1. The van der Waals surface area contributed by atoms with E-state index in [9.17, 15) is 14.7 Å². The number of nitrogens with zero attached hydrogens (tertiary/aromatic N) is 2. The number of rotatable bonds is 7. The van der Waals surface area contributed by atoms with E-state index in [1.54, 1.807) is 12.0 Å². The summed E-state index contributed by atoms with van der Waals surface area (Å²) in [6.45, 7) is 2.37. The van der Waals surface area contributed by atoms with Crippen LogP contribution in [0, 0.1) is 0 Å². The maximum Gasteiger partial charge on any atom is 0.246 e. The lowest BCUT2D eigenvalue weighted by Crippen LogP contribution is -2.63. The molecule has 0 radical (unpaired) electrons. The average molecular weight is 526 g/mol. The predicted molar refractivity (Wildman–Crippen MR) is 147 cm³/mol. The number of fused-ring (bicyclic) bond motifs is 4. The van der Waals surface area contributed by atoms with Crippen molar-refractivity contribution in [2.45, 2.75) is 31.5 Å². The average Bonchev–Trinajstić information content (AvgIpc) is 3.34. The van der Waals surface area contributed by atoms with Gasteiger partial charge in [0.15, 0.2) is 11.5 Å². The second-order valence-corrected chi connectivity index (χ2v) is 9.97. The molecule has 200 valence electrons. The molecule has 39 heavy (non-hydrogen) atoms. The number of ether oxygens (including phenoxy) is 2. The van der Waals surface area contributed by atoms with E-state index in [1.807, 2.05) is 79.7 Å². The number of aliphatic hydroxyl groups is 1. The van der Waals surface area contributed by atoms with Crippen LogP contribution < -0.4 is 9.47 Å². The molecule has 0 saturated carbocycles. The first-order chi connectivity index (χ1) is 19.0. The zero-order valence-corrected chi connectivity index (χ0v) is 22.0. The summed E-state index contributed by atoms with van der Waals surface area (Å²) in [5.74, 6) is 0.859. The minimum absolute atomic E-state index is 0.0568. The van der Waals surface area contributed by atoms with Crippen molar-refractivity contribution in [2.75, 3.05) is 26.8 Å². The Balaban J connectivity index is 1.42. The van der Waals surface area contributed by atoms with E-state index in [-0.39, 0.29) is 24.9 Å². The quantitative estimate of drug-likeness (QED) is 0.381. The Morgan fingerprint density at radius 3 is 2.56 bits per heavy atom. The molecule has 1 fully saturated rings. The third-order valence-corrected chi connectivity index (χ3v) is 7.72. The molecule has 2 amide bonds. The van der Waals surface area contributed by atoms with Crippen LogP contribution in [0.2, 0.25) is 0 Å². The molecule has 3 aromatic carbocycles. The Labute approximate surface area is 226 Å². The molecule has 8 heteroatoms. The van der Waals surface area contributed by atoms with Gasteiger partial charge in [0.1, 0.15) is 6.04 Å². The third-order valence-electron chi connectivity index (χ3n) is 7.72. The number of benzene rings is 3. The van der Waals surface area contributed by atoms with Gasteiger partial charge in [-0.1, -0.05) is 54.6 Å². The summed E-state index contributed by atoms with van der Waals surface area (Å²) in [7, 11) is 1.59. The van der Waals surface area contributed by atoms with E-state index in [0.29, 0.717) is 30.1 Å². The Morgan fingerprint density at radius 1 is 1.03 bits per heavy atom. The van der Waals surface area contributed by atoms with E-state index in [4.69, 9.17) is 9.47 Å². The number of hydrogen-bond acceptors (Lipinski definition) is 5. The first kappa shape index (κ1) is 25.0. The van der Waals surface area contributed by atoms with Crippen molar-refractivity contribution in [2.24, 2.45) is 0 Å². The van der Waals surface area contributed by atoms with Gasteiger partial charge in [-0.3, -0.25) is 9.59 Å². The standard InChI is InChI=1S/C31H31N3O5/c1-3-39-26-14-13-20(15-27(26)38-2)30-29-22(21-11-7-8-12-23(21)32-29)16-24-31(37)33(18-28(36)34(24)30)17-25(35)19-9-5-4-6-10-19/h4-15,24-25,30,32,35H,3,16-18H2,1-2H3/t24-,25+,30-/m0/s1. The Bertz CT molecular complexity index is 1530. The van der Waals surface area contributed by atoms with Crippen LogP contribution in [-0.4, -0.2) is 64.6 Å². The molecule has 1 aromatic heterocycles. The third kappa shape index (κ3) is 4.30. The maximum atomic E-state index is 13.9. The molecule has 3 heterocycles. The fourth-order valence-electron chi connectivity index (χ4n) is 5.94. The molecule has 2 N–H and O–H groups in total.